The largest absolute Gasteiger partial charge is 0.383 e. The van der Waals surface area contributed by atoms with E-state index in [0.29, 0.717) is 39.6 Å². The Bertz CT molecular complexity index is 574. The van der Waals surface area contributed by atoms with E-state index in [1.54, 1.807) is 14.2 Å². The van der Waals surface area contributed by atoms with Crippen molar-refractivity contribution in [2.45, 2.75) is 0 Å². The summed E-state index contributed by atoms with van der Waals surface area (Å²) in [6.45, 7) is 5.40. The predicted octanol–water partition coefficient (Wildman–Crippen LogP) is 3.50. The van der Waals surface area contributed by atoms with Crippen molar-refractivity contribution in [3.05, 3.63) is 48.5 Å². The molecule has 2 aromatic rings. The molecule has 0 aliphatic carbocycles. The van der Waals surface area contributed by atoms with Crippen molar-refractivity contribution in [3.63, 3.8) is 0 Å². The number of nitrogens with one attached hydrogen (secondary N) is 2. The average Bonchev–Trinajstić information content (AvgIpc) is 2.74. The second kappa shape index (κ2) is 14.0. The highest BCUT2D eigenvalue weighted by molar-refractivity contribution is 5.68. The quantitative estimate of drug-likeness (QED) is 0.456. The molecule has 2 rings (SSSR count). The van der Waals surface area contributed by atoms with Crippen LogP contribution in [-0.2, 0) is 18.9 Å². The minimum absolute atomic E-state index is 0.628. The molecule has 2 N–H and O–H groups in total. The maximum absolute atomic E-state index is 5.45. The lowest BCUT2D eigenvalue weighted by atomic mass is 10.1. The van der Waals surface area contributed by atoms with E-state index in [4.69, 9.17) is 18.9 Å². The van der Waals surface area contributed by atoms with Crippen LogP contribution < -0.4 is 10.6 Å². The topological polar surface area (TPSA) is 61.0 Å². The third-order valence-electron chi connectivity index (χ3n) is 4.12. The van der Waals surface area contributed by atoms with Crippen LogP contribution in [0.1, 0.15) is 0 Å². The Hall–Kier alpha value is -2.12. The van der Waals surface area contributed by atoms with Crippen LogP contribution in [0.3, 0.4) is 0 Å². The standard InChI is InChI=1S/C22H32N2O4/c1-25-15-17-27-13-11-23-21-7-3-19(4-8-21)20-5-9-22(10-6-20)24-12-14-28-18-16-26-2/h3-10,23-24H,11-18H2,1-2H3. The van der Waals surface area contributed by atoms with Crippen molar-refractivity contribution in [3.8, 4) is 11.1 Å². The van der Waals surface area contributed by atoms with E-state index in [-0.39, 0.29) is 0 Å². The summed E-state index contributed by atoms with van der Waals surface area (Å²) >= 11 is 0. The summed E-state index contributed by atoms with van der Waals surface area (Å²) in [4.78, 5) is 0. The van der Waals surface area contributed by atoms with E-state index in [1.807, 2.05) is 0 Å². The molecule has 0 amide bonds. The zero-order valence-corrected chi connectivity index (χ0v) is 16.9. The summed E-state index contributed by atoms with van der Waals surface area (Å²) in [7, 11) is 3.35. The van der Waals surface area contributed by atoms with Crippen molar-refractivity contribution in [1.29, 1.82) is 0 Å². The molecule has 0 fully saturated rings. The first kappa shape index (κ1) is 22.2. The first-order valence-corrected chi connectivity index (χ1v) is 9.65. The van der Waals surface area contributed by atoms with Gasteiger partial charge >= 0.3 is 0 Å². The van der Waals surface area contributed by atoms with Gasteiger partial charge in [-0.05, 0) is 35.4 Å². The number of methoxy groups -OCH3 is 2. The van der Waals surface area contributed by atoms with Crippen molar-refractivity contribution >= 4 is 11.4 Å². The fourth-order valence-electron chi connectivity index (χ4n) is 2.58. The Kier molecular flexibility index (Phi) is 11.1. The van der Waals surface area contributed by atoms with E-state index in [1.165, 1.54) is 11.1 Å². The van der Waals surface area contributed by atoms with E-state index < -0.39 is 0 Å². The van der Waals surface area contributed by atoms with E-state index in [9.17, 15) is 0 Å². The molecule has 0 aliphatic heterocycles. The SMILES string of the molecule is COCCOCCNc1ccc(-c2ccc(NCCOCCOC)cc2)cc1. The number of hydrogen-bond acceptors (Lipinski definition) is 6. The molecule has 6 heteroatoms. The molecule has 28 heavy (non-hydrogen) atoms. The third-order valence-corrected chi connectivity index (χ3v) is 4.12. The molecule has 0 spiro atoms. The van der Waals surface area contributed by atoms with Gasteiger partial charge in [0.2, 0.25) is 0 Å². The Labute approximate surface area is 168 Å². The fraction of sp³-hybridized carbons (Fsp3) is 0.455. The summed E-state index contributed by atoms with van der Waals surface area (Å²) in [5.41, 5.74) is 4.56. The lowest BCUT2D eigenvalue weighted by molar-refractivity contribution is 0.0759. The molecular weight excluding hydrogens is 356 g/mol. The fourth-order valence-corrected chi connectivity index (χ4v) is 2.58. The Balaban J connectivity index is 1.71. The maximum atomic E-state index is 5.45. The van der Waals surface area contributed by atoms with E-state index in [2.05, 4.69) is 59.2 Å². The highest BCUT2D eigenvalue weighted by Gasteiger charge is 1.99. The molecule has 0 aliphatic rings. The molecule has 2 aromatic carbocycles. The molecule has 0 heterocycles. The van der Waals surface area contributed by atoms with Gasteiger partial charge in [0, 0.05) is 38.7 Å². The second-order valence-electron chi connectivity index (χ2n) is 6.22. The van der Waals surface area contributed by atoms with Gasteiger partial charge in [0.15, 0.2) is 0 Å². The first-order chi connectivity index (χ1) is 13.8. The van der Waals surface area contributed by atoms with Crippen LogP contribution in [0.2, 0.25) is 0 Å². The molecule has 154 valence electrons. The first-order valence-electron chi connectivity index (χ1n) is 9.65. The summed E-state index contributed by atoms with van der Waals surface area (Å²) in [6, 6.07) is 16.9. The maximum Gasteiger partial charge on any atom is 0.0701 e. The average molecular weight is 389 g/mol. The molecule has 0 unspecified atom stereocenters. The molecule has 0 bridgehead atoms. The summed E-state index contributed by atoms with van der Waals surface area (Å²) in [6.07, 6.45) is 0. The van der Waals surface area contributed by atoms with Crippen LogP contribution in [0.25, 0.3) is 11.1 Å². The van der Waals surface area contributed by atoms with Gasteiger partial charge in [0.05, 0.1) is 39.6 Å². The van der Waals surface area contributed by atoms with Gasteiger partial charge < -0.3 is 29.6 Å². The zero-order valence-electron chi connectivity index (χ0n) is 16.9. The summed E-state index contributed by atoms with van der Waals surface area (Å²) in [5.74, 6) is 0. The van der Waals surface area contributed by atoms with Crippen molar-refractivity contribution in [1.82, 2.24) is 0 Å². The van der Waals surface area contributed by atoms with Crippen LogP contribution in [0.4, 0.5) is 11.4 Å². The molecule has 0 radical (unpaired) electrons. The van der Waals surface area contributed by atoms with Crippen LogP contribution in [0.15, 0.2) is 48.5 Å². The Morgan fingerprint density at radius 3 is 1.29 bits per heavy atom. The summed E-state index contributed by atoms with van der Waals surface area (Å²) in [5, 5.41) is 6.71. The van der Waals surface area contributed by atoms with Crippen LogP contribution >= 0.6 is 0 Å². The van der Waals surface area contributed by atoms with Crippen molar-refractivity contribution in [2.24, 2.45) is 0 Å². The van der Waals surface area contributed by atoms with Gasteiger partial charge in [-0.3, -0.25) is 0 Å². The molecule has 0 saturated heterocycles. The zero-order chi connectivity index (χ0) is 19.9. The van der Waals surface area contributed by atoms with Crippen molar-refractivity contribution in [2.75, 3.05) is 77.6 Å². The van der Waals surface area contributed by atoms with Gasteiger partial charge in [-0.25, -0.2) is 0 Å². The highest BCUT2D eigenvalue weighted by Crippen LogP contribution is 2.23. The monoisotopic (exact) mass is 388 g/mol. The van der Waals surface area contributed by atoms with E-state index in [0.717, 1.165) is 24.5 Å². The van der Waals surface area contributed by atoms with Crippen LogP contribution in [0, 0.1) is 0 Å². The number of anilines is 2. The molecular formula is C22H32N2O4. The Morgan fingerprint density at radius 1 is 0.536 bits per heavy atom. The predicted molar refractivity (Wildman–Crippen MR) is 114 cm³/mol. The molecule has 0 atom stereocenters. The van der Waals surface area contributed by atoms with Crippen molar-refractivity contribution < 1.29 is 18.9 Å². The number of ether oxygens (including phenoxy) is 4. The minimum Gasteiger partial charge on any atom is -0.383 e. The van der Waals surface area contributed by atoms with Crippen LogP contribution in [-0.4, -0.2) is 67.0 Å². The highest BCUT2D eigenvalue weighted by atomic mass is 16.5. The Morgan fingerprint density at radius 2 is 0.929 bits per heavy atom. The number of rotatable bonds is 15. The number of benzene rings is 2. The van der Waals surface area contributed by atoms with Crippen LogP contribution in [0.5, 0.6) is 0 Å². The van der Waals surface area contributed by atoms with Gasteiger partial charge in [-0.15, -0.1) is 0 Å². The molecule has 0 aromatic heterocycles. The number of hydrogen-bond donors (Lipinski definition) is 2. The molecule has 6 nitrogen and oxygen atoms in total. The molecule has 0 saturated carbocycles. The normalized spacial score (nSPS) is 10.8. The van der Waals surface area contributed by atoms with Gasteiger partial charge in [-0.2, -0.15) is 0 Å². The van der Waals surface area contributed by atoms with Gasteiger partial charge in [0.25, 0.3) is 0 Å². The summed E-state index contributed by atoms with van der Waals surface area (Å²) < 4.78 is 20.8. The third kappa shape index (κ3) is 8.71. The van der Waals surface area contributed by atoms with Gasteiger partial charge in [-0.1, -0.05) is 24.3 Å². The smallest absolute Gasteiger partial charge is 0.0701 e. The second-order valence-corrected chi connectivity index (χ2v) is 6.22. The minimum atomic E-state index is 0.628. The van der Waals surface area contributed by atoms with Gasteiger partial charge in [0.1, 0.15) is 0 Å². The van der Waals surface area contributed by atoms with E-state index >= 15 is 0 Å². The lowest BCUT2D eigenvalue weighted by Crippen LogP contribution is -2.11. The lowest BCUT2D eigenvalue weighted by Gasteiger charge is -2.10.